The molecule has 0 saturated carbocycles. The lowest BCUT2D eigenvalue weighted by atomic mass is 10.3. The number of sulfonamides is 1. The molecule has 2 aromatic rings. The second kappa shape index (κ2) is 6.49. The first-order valence-electron chi connectivity index (χ1n) is 6.56. The highest BCUT2D eigenvalue weighted by Crippen LogP contribution is 2.25. The van der Waals surface area contributed by atoms with Crippen molar-refractivity contribution in [3.8, 4) is 11.5 Å². The summed E-state index contributed by atoms with van der Waals surface area (Å²) >= 11 is 0. The highest BCUT2D eigenvalue weighted by molar-refractivity contribution is 7.92. The molecule has 2 N–H and O–H groups in total. The molecule has 0 bridgehead atoms. The van der Waals surface area contributed by atoms with E-state index in [2.05, 4.69) is 4.72 Å². The molecule has 2 aromatic carbocycles. The maximum Gasteiger partial charge on any atom is 0.265 e. The van der Waals surface area contributed by atoms with Crippen LogP contribution in [0.5, 0.6) is 11.5 Å². The molecule has 0 aliphatic carbocycles. The second-order valence-electron chi connectivity index (χ2n) is 4.45. The number of rotatable bonds is 6. The fraction of sp³-hybridized carbons (Fsp3) is 0.200. The van der Waals surface area contributed by atoms with Crippen LogP contribution in [0.1, 0.15) is 13.3 Å². The van der Waals surface area contributed by atoms with E-state index < -0.39 is 10.0 Å². The molecule has 0 unspecified atom stereocenters. The van der Waals surface area contributed by atoms with Crippen LogP contribution in [0.3, 0.4) is 0 Å². The van der Waals surface area contributed by atoms with E-state index in [0.717, 1.165) is 6.42 Å². The molecule has 112 valence electrons. The number of phenols is 1. The zero-order valence-corrected chi connectivity index (χ0v) is 12.4. The minimum absolute atomic E-state index is 0.156. The van der Waals surface area contributed by atoms with E-state index in [1.54, 1.807) is 36.4 Å². The Hall–Kier alpha value is -2.21. The number of ether oxygens (including phenoxy) is 1. The number of phenolic OH excluding ortho intramolecular Hbond substituents is 1. The van der Waals surface area contributed by atoms with Crippen LogP contribution in [0.2, 0.25) is 0 Å². The van der Waals surface area contributed by atoms with Gasteiger partial charge < -0.3 is 9.84 Å². The van der Waals surface area contributed by atoms with Gasteiger partial charge in [-0.15, -0.1) is 0 Å². The molecule has 0 spiro atoms. The highest BCUT2D eigenvalue weighted by atomic mass is 32.2. The van der Waals surface area contributed by atoms with Crippen LogP contribution in [0, 0.1) is 0 Å². The molecule has 21 heavy (non-hydrogen) atoms. The average Bonchev–Trinajstić information content (AvgIpc) is 2.46. The Morgan fingerprint density at radius 1 is 1.10 bits per heavy atom. The van der Waals surface area contributed by atoms with Crippen LogP contribution in [0.15, 0.2) is 53.4 Å². The van der Waals surface area contributed by atoms with Gasteiger partial charge in [-0.25, -0.2) is 8.42 Å². The van der Waals surface area contributed by atoms with Gasteiger partial charge >= 0.3 is 0 Å². The van der Waals surface area contributed by atoms with Crippen LogP contribution in [0.25, 0.3) is 0 Å². The topological polar surface area (TPSA) is 75.6 Å². The SMILES string of the molecule is CCCOc1ccc(NS(=O)(=O)c2ccccc2O)cc1. The lowest BCUT2D eigenvalue weighted by molar-refractivity contribution is 0.317. The molecule has 0 aromatic heterocycles. The normalized spacial score (nSPS) is 11.1. The predicted octanol–water partition coefficient (Wildman–Crippen LogP) is 2.98. The number of benzene rings is 2. The quantitative estimate of drug-likeness (QED) is 0.860. The molecule has 0 amide bonds. The molecule has 0 atom stereocenters. The van der Waals surface area contributed by atoms with Crippen LogP contribution in [-0.2, 0) is 10.0 Å². The van der Waals surface area contributed by atoms with Gasteiger partial charge in [0.1, 0.15) is 16.4 Å². The molecule has 2 rings (SSSR count). The third kappa shape index (κ3) is 3.88. The van der Waals surface area contributed by atoms with Gasteiger partial charge in [-0.05, 0) is 42.8 Å². The van der Waals surface area contributed by atoms with Crippen molar-refractivity contribution in [2.75, 3.05) is 11.3 Å². The van der Waals surface area contributed by atoms with E-state index in [1.807, 2.05) is 6.92 Å². The van der Waals surface area contributed by atoms with Crippen LogP contribution < -0.4 is 9.46 Å². The zero-order valence-electron chi connectivity index (χ0n) is 11.6. The smallest absolute Gasteiger partial charge is 0.265 e. The Labute approximate surface area is 124 Å². The largest absolute Gasteiger partial charge is 0.507 e. The first kappa shape index (κ1) is 15.2. The fourth-order valence-electron chi connectivity index (χ4n) is 1.73. The molecular formula is C15H17NO4S. The monoisotopic (exact) mass is 307 g/mol. The summed E-state index contributed by atoms with van der Waals surface area (Å²) in [6.45, 7) is 2.62. The maximum absolute atomic E-state index is 12.2. The van der Waals surface area contributed by atoms with Crippen LogP contribution in [0.4, 0.5) is 5.69 Å². The molecule has 0 saturated heterocycles. The molecule has 0 radical (unpaired) electrons. The molecule has 0 heterocycles. The minimum atomic E-state index is -3.81. The first-order chi connectivity index (χ1) is 10.0. The molecule has 0 aliphatic rings. The van der Waals surface area contributed by atoms with Gasteiger partial charge in [0.15, 0.2) is 0 Å². The zero-order chi connectivity index (χ0) is 15.3. The van der Waals surface area contributed by atoms with Crippen molar-refractivity contribution in [3.05, 3.63) is 48.5 Å². The van der Waals surface area contributed by atoms with E-state index >= 15 is 0 Å². The molecule has 0 aliphatic heterocycles. The van der Waals surface area contributed by atoms with Crippen molar-refractivity contribution in [2.45, 2.75) is 18.2 Å². The first-order valence-corrected chi connectivity index (χ1v) is 8.05. The van der Waals surface area contributed by atoms with E-state index in [9.17, 15) is 13.5 Å². The summed E-state index contributed by atoms with van der Waals surface area (Å²) in [6, 6.07) is 12.4. The second-order valence-corrected chi connectivity index (χ2v) is 6.10. The Kier molecular flexibility index (Phi) is 4.70. The Morgan fingerprint density at radius 2 is 1.76 bits per heavy atom. The Balaban J connectivity index is 2.16. The van der Waals surface area contributed by atoms with Crippen molar-refractivity contribution < 1.29 is 18.3 Å². The van der Waals surface area contributed by atoms with Gasteiger partial charge in [0, 0.05) is 5.69 Å². The van der Waals surface area contributed by atoms with E-state index in [4.69, 9.17) is 4.74 Å². The lowest BCUT2D eigenvalue weighted by Crippen LogP contribution is -2.13. The Bertz CT molecular complexity index is 696. The molecule has 6 heteroatoms. The highest BCUT2D eigenvalue weighted by Gasteiger charge is 2.17. The van der Waals surface area contributed by atoms with Crippen molar-refractivity contribution in [3.63, 3.8) is 0 Å². The van der Waals surface area contributed by atoms with Gasteiger partial charge in [0.05, 0.1) is 6.61 Å². The third-order valence-electron chi connectivity index (χ3n) is 2.73. The number of anilines is 1. The van der Waals surface area contributed by atoms with Crippen LogP contribution in [-0.4, -0.2) is 20.1 Å². The summed E-state index contributed by atoms with van der Waals surface area (Å²) in [6.07, 6.45) is 0.904. The van der Waals surface area contributed by atoms with Gasteiger partial charge in [0.2, 0.25) is 0 Å². The number of hydrogen-bond donors (Lipinski definition) is 2. The molecule has 5 nitrogen and oxygen atoms in total. The van der Waals surface area contributed by atoms with Gasteiger partial charge in [-0.3, -0.25) is 4.72 Å². The number of nitrogens with one attached hydrogen (secondary N) is 1. The standard InChI is InChI=1S/C15H17NO4S/c1-2-11-20-13-9-7-12(8-10-13)16-21(18,19)15-6-4-3-5-14(15)17/h3-10,16-17H,2,11H2,1H3. The molecule has 0 fully saturated rings. The van der Waals surface area contributed by atoms with Crippen molar-refractivity contribution in [1.29, 1.82) is 0 Å². The Morgan fingerprint density at radius 3 is 2.38 bits per heavy atom. The minimum Gasteiger partial charge on any atom is -0.507 e. The number of hydrogen-bond acceptors (Lipinski definition) is 4. The van der Waals surface area contributed by atoms with Crippen molar-refractivity contribution >= 4 is 15.7 Å². The van der Waals surface area contributed by atoms with E-state index in [-0.39, 0.29) is 10.6 Å². The van der Waals surface area contributed by atoms with Crippen LogP contribution >= 0.6 is 0 Å². The number of aromatic hydroxyl groups is 1. The van der Waals surface area contributed by atoms with Gasteiger partial charge in [0.25, 0.3) is 10.0 Å². The fourth-order valence-corrected chi connectivity index (χ4v) is 2.89. The summed E-state index contributed by atoms with van der Waals surface area (Å²) in [5.41, 5.74) is 0.405. The lowest BCUT2D eigenvalue weighted by Gasteiger charge is -2.10. The van der Waals surface area contributed by atoms with E-state index in [0.29, 0.717) is 18.0 Å². The predicted molar refractivity (Wildman–Crippen MR) is 81.1 cm³/mol. The van der Waals surface area contributed by atoms with Crippen molar-refractivity contribution in [2.24, 2.45) is 0 Å². The summed E-state index contributed by atoms with van der Waals surface area (Å²) in [5.74, 6) is 0.398. The summed E-state index contributed by atoms with van der Waals surface area (Å²) in [5, 5.41) is 9.63. The van der Waals surface area contributed by atoms with E-state index in [1.165, 1.54) is 12.1 Å². The van der Waals surface area contributed by atoms with Gasteiger partial charge in [-0.2, -0.15) is 0 Å². The number of para-hydroxylation sites is 1. The maximum atomic E-state index is 12.2. The molecular weight excluding hydrogens is 290 g/mol. The summed E-state index contributed by atoms with van der Waals surface area (Å²) < 4.78 is 32.2. The average molecular weight is 307 g/mol. The summed E-state index contributed by atoms with van der Waals surface area (Å²) in [7, 11) is -3.81. The third-order valence-corrected chi connectivity index (χ3v) is 4.16. The van der Waals surface area contributed by atoms with Gasteiger partial charge in [-0.1, -0.05) is 19.1 Å². The summed E-state index contributed by atoms with van der Waals surface area (Å²) in [4.78, 5) is -0.156. The van der Waals surface area contributed by atoms with Crippen molar-refractivity contribution in [1.82, 2.24) is 0 Å².